The van der Waals surface area contributed by atoms with Gasteiger partial charge in [-0.25, -0.2) is 0 Å². The standard InChI is InChI=1S/C22H22N6O3/c1-23-12-15-7-5-6-14(10-15)11-19-25-20(27-26-19)21(29)24-16-13-31-18-9-4-3-8-17(18)28(2)22(16)30/h3-10,12,16H,11,13H2,1-2H3,(H,24,29)(H,25,26,27)/t16-/m0/s1. The van der Waals surface area contributed by atoms with Crippen LogP contribution in [-0.4, -0.2) is 60.0 Å². The Morgan fingerprint density at radius 2 is 2.13 bits per heavy atom. The first kappa shape index (κ1) is 20.3. The monoisotopic (exact) mass is 418 g/mol. The molecule has 4 rings (SSSR count). The molecule has 0 fully saturated rings. The molecule has 1 aromatic heterocycles. The lowest BCUT2D eigenvalue weighted by atomic mass is 10.1. The Morgan fingerprint density at radius 1 is 1.29 bits per heavy atom. The SMILES string of the molecule is CN=Cc1cccc(Cc2nnc(C(=O)N[C@H]3COc4ccccc4N(C)C3=O)[nH]2)c1. The van der Waals surface area contributed by atoms with Crippen molar-refractivity contribution < 1.29 is 14.3 Å². The summed E-state index contributed by atoms with van der Waals surface area (Å²) in [6.07, 6.45) is 2.25. The van der Waals surface area contributed by atoms with Gasteiger partial charge in [-0.1, -0.05) is 30.3 Å². The first-order valence-corrected chi connectivity index (χ1v) is 9.78. The van der Waals surface area contributed by atoms with Gasteiger partial charge in [0.1, 0.15) is 24.2 Å². The van der Waals surface area contributed by atoms with E-state index in [9.17, 15) is 9.59 Å². The van der Waals surface area contributed by atoms with Crippen LogP contribution in [0.2, 0.25) is 0 Å². The van der Waals surface area contributed by atoms with Crippen LogP contribution in [0.25, 0.3) is 0 Å². The van der Waals surface area contributed by atoms with Crippen LogP contribution in [0.4, 0.5) is 5.69 Å². The highest BCUT2D eigenvalue weighted by atomic mass is 16.5. The molecule has 3 aromatic rings. The molecule has 0 bridgehead atoms. The lowest BCUT2D eigenvalue weighted by molar-refractivity contribution is -0.120. The Balaban J connectivity index is 1.43. The average Bonchev–Trinajstić information content (AvgIpc) is 3.20. The number of ether oxygens (including phenoxy) is 1. The normalized spacial score (nSPS) is 16.0. The summed E-state index contributed by atoms with van der Waals surface area (Å²) >= 11 is 0. The van der Waals surface area contributed by atoms with Gasteiger partial charge in [0.05, 0.1) is 5.69 Å². The van der Waals surface area contributed by atoms with Crippen LogP contribution in [0.5, 0.6) is 5.75 Å². The van der Waals surface area contributed by atoms with Gasteiger partial charge in [0, 0.05) is 26.7 Å². The van der Waals surface area contributed by atoms with Crippen LogP contribution in [0, 0.1) is 0 Å². The molecule has 158 valence electrons. The molecule has 1 aliphatic rings. The number of carbonyl (C=O) groups excluding carboxylic acids is 2. The number of aromatic amines is 1. The highest BCUT2D eigenvalue weighted by molar-refractivity contribution is 6.02. The molecule has 2 heterocycles. The third kappa shape index (κ3) is 4.45. The minimum absolute atomic E-state index is 0.0265. The van der Waals surface area contributed by atoms with Crippen molar-refractivity contribution in [3.05, 3.63) is 71.3 Å². The van der Waals surface area contributed by atoms with Gasteiger partial charge in [-0.2, -0.15) is 0 Å². The number of hydrogen-bond donors (Lipinski definition) is 2. The molecular weight excluding hydrogens is 396 g/mol. The number of aliphatic imine (C=N–C) groups is 1. The summed E-state index contributed by atoms with van der Waals surface area (Å²) < 4.78 is 5.72. The number of amides is 2. The van der Waals surface area contributed by atoms with E-state index in [-0.39, 0.29) is 18.3 Å². The summed E-state index contributed by atoms with van der Waals surface area (Å²) in [5.41, 5.74) is 2.64. The summed E-state index contributed by atoms with van der Waals surface area (Å²) in [6.45, 7) is 0.0265. The number of H-pyrrole nitrogens is 1. The van der Waals surface area contributed by atoms with E-state index in [4.69, 9.17) is 4.74 Å². The largest absolute Gasteiger partial charge is 0.489 e. The van der Waals surface area contributed by atoms with Gasteiger partial charge in [0.2, 0.25) is 5.82 Å². The molecular formula is C22H22N6O3. The van der Waals surface area contributed by atoms with E-state index in [0.717, 1.165) is 11.1 Å². The van der Waals surface area contributed by atoms with E-state index in [1.165, 1.54) is 4.90 Å². The Bertz CT molecular complexity index is 1140. The van der Waals surface area contributed by atoms with E-state index in [2.05, 4.69) is 25.5 Å². The number of benzene rings is 2. The zero-order valence-electron chi connectivity index (χ0n) is 17.2. The number of fused-ring (bicyclic) bond motifs is 1. The zero-order valence-corrected chi connectivity index (χ0v) is 17.2. The molecule has 0 aliphatic carbocycles. The first-order chi connectivity index (χ1) is 15.0. The molecule has 0 saturated heterocycles. The van der Waals surface area contributed by atoms with Crippen molar-refractivity contribution >= 4 is 23.7 Å². The number of aromatic nitrogens is 3. The van der Waals surface area contributed by atoms with Crippen molar-refractivity contribution in [3.8, 4) is 5.75 Å². The lowest BCUT2D eigenvalue weighted by Gasteiger charge is -2.19. The highest BCUT2D eigenvalue weighted by Gasteiger charge is 2.31. The molecule has 9 nitrogen and oxygen atoms in total. The third-order valence-electron chi connectivity index (χ3n) is 4.92. The quantitative estimate of drug-likeness (QED) is 0.611. The molecule has 0 unspecified atom stereocenters. The van der Waals surface area contributed by atoms with Crippen molar-refractivity contribution in [3.63, 3.8) is 0 Å². The van der Waals surface area contributed by atoms with Crippen LogP contribution in [0.1, 0.15) is 27.6 Å². The predicted molar refractivity (Wildman–Crippen MR) is 116 cm³/mol. The molecule has 2 N–H and O–H groups in total. The van der Waals surface area contributed by atoms with Gasteiger partial charge in [0.25, 0.3) is 11.8 Å². The van der Waals surface area contributed by atoms with Gasteiger partial charge < -0.3 is 19.9 Å². The second-order valence-corrected chi connectivity index (χ2v) is 7.13. The molecule has 2 aromatic carbocycles. The summed E-state index contributed by atoms with van der Waals surface area (Å²) in [5, 5.41) is 10.7. The summed E-state index contributed by atoms with van der Waals surface area (Å²) in [5.74, 6) is 0.383. The van der Waals surface area contributed by atoms with Gasteiger partial charge in [0.15, 0.2) is 0 Å². The van der Waals surface area contributed by atoms with Crippen molar-refractivity contribution in [2.24, 2.45) is 4.99 Å². The van der Waals surface area contributed by atoms with Crippen LogP contribution in [-0.2, 0) is 11.2 Å². The Hall–Kier alpha value is -4.01. The number of anilines is 1. The highest BCUT2D eigenvalue weighted by Crippen LogP contribution is 2.29. The number of hydrogen-bond acceptors (Lipinski definition) is 6. The Labute approximate surface area is 179 Å². The lowest BCUT2D eigenvalue weighted by Crippen LogP contribution is -2.49. The van der Waals surface area contributed by atoms with Gasteiger partial charge >= 0.3 is 0 Å². The van der Waals surface area contributed by atoms with E-state index in [1.54, 1.807) is 32.4 Å². The van der Waals surface area contributed by atoms with Gasteiger partial charge in [-0.05, 0) is 29.3 Å². The van der Waals surface area contributed by atoms with Crippen molar-refractivity contribution in [1.29, 1.82) is 0 Å². The van der Waals surface area contributed by atoms with Crippen LogP contribution in [0.15, 0.2) is 53.5 Å². The van der Waals surface area contributed by atoms with E-state index in [0.29, 0.717) is 23.7 Å². The topological polar surface area (TPSA) is 113 Å². The summed E-state index contributed by atoms with van der Waals surface area (Å²) in [7, 11) is 3.37. The molecule has 1 aliphatic heterocycles. The molecule has 0 saturated carbocycles. The summed E-state index contributed by atoms with van der Waals surface area (Å²) in [4.78, 5) is 33.9. The average molecular weight is 418 g/mol. The van der Waals surface area contributed by atoms with Gasteiger partial charge in [-0.3, -0.25) is 14.6 Å². The number of para-hydroxylation sites is 2. The Kier molecular flexibility index (Phi) is 5.74. The van der Waals surface area contributed by atoms with Crippen LogP contribution < -0.4 is 15.0 Å². The number of nitrogens with zero attached hydrogens (tertiary/aromatic N) is 4. The zero-order chi connectivity index (χ0) is 21.8. The minimum atomic E-state index is -0.844. The second-order valence-electron chi connectivity index (χ2n) is 7.13. The maximum Gasteiger partial charge on any atom is 0.289 e. The number of nitrogens with one attached hydrogen (secondary N) is 2. The number of likely N-dealkylation sites (N-methyl/N-ethyl adjacent to an activating group) is 1. The predicted octanol–water partition coefficient (Wildman–Crippen LogP) is 1.60. The smallest absolute Gasteiger partial charge is 0.289 e. The molecule has 1 atom stereocenters. The fourth-order valence-electron chi connectivity index (χ4n) is 3.39. The van der Waals surface area contributed by atoms with Gasteiger partial charge in [-0.15, -0.1) is 10.2 Å². The molecule has 0 radical (unpaired) electrons. The first-order valence-electron chi connectivity index (χ1n) is 9.78. The minimum Gasteiger partial charge on any atom is -0.489 e. The third-order valence-corrected chi connectivity index (χ3v) is 4.92. The number of carbonyl (C=O) groups is 2. The van der Waals surface area contributed by atoms with Crippen LogP contribution >= 0.6 is 0 Å². The van der Waals surface area contributed by atoms with Crippen LogP contribution in [0.3, 0.4) is 0 Å². The molecule has 9 heteroatoms. The van der Waals surface area contributed by atoms with Crippen molar-refractivity contribution in [2.75, 3.05) is 25.6 Å². The second kappa shape index (κ2) is 8.78. The fraction of sp³-hybridized carbons (Fsp3) is 0.227. The van der Waals surface area contributed by atoms with E-state index < -0.39 is 11.9 Å². The maximum absolute atomic E-state index is 12.8. The summed E-state index contributed by atoms with van der Waals surface area (Å²) in [6, 6.07) is 14.2. The molecule has 31 heavy (non-hydrogen) atoms. The molecule has 2 amide bonds. The van der Waals surface area contributed by atoms with E-state index >= 15 is 0 Å². The van der Waals surface area contributed by atoms with Crippen molar-refractivity contribution in [2.45, 2.75) is 12.5 Å². The molecule has 0 spiro atoms. The van der Waals surface area contributed by atoms with E-state index in [1.807, 2.05) is 36.4 Å². The fourth-order valence-corrected chi connectivity index (χ4v) is 3.39. The maximum atomic E-state index is 12.8. The number of rotatable bonds is 5. The Morgan fingerprint density at radius 3 is 2.97 bits per heavy atom. The van der Waals surface area contributed by atoms with Crippen molar-refractivity contribution in [1.82, 2.24) is 20.5 Å².